The van der Waals surface area contributed by atoms with Crippen LogP contribution in [0.1, 0.15) is 36.7 Å². The fourth-order valence-electron chi connectivity index (χ4n) is 2.66. The van der Waals surface area contributed by atoms with Gasteiger partial charge in [0.2, 0.25) is 5.91 Å². The summed E-state index contributed by atoms with van der Waals surface area (Å²) in [4.78, 5) is 23.8. The number of rotatable bonds is 6. The van der Waals surface area contributed by atoms with Crippen LogP contribution in [-0.2, 0) is 10.3 Å². The topological polar surface area (TPSA) is 76.7 Å². The number of carbonyl (C=O) groups is 2. The molecular formula is C20H24N2O4. The first-order valence-electron chi connectivity index (χ1n) is 8.19. The first-order chi connectivity index (χ1) is 12.3. The number of nitrogens with one attached hydrogen (secondary N) is 2. The van der Waals surface area contributed by atoms with Crippen molar-refractivity contribution in [2.45, 2.75) is 26.3 Å². The molecule has 2 amide bonds. The smallest absolute Gasteiger partial charge is 0.255 e. The van der Waals surface area contributed by atoms with Gasteiger partial charge in [-0.25, -0.2) is 0 Å². The van der Waals surface area contributed by atoms with Gasteiger partial charge < -0.3 is 20.1 Å². The van der Waals surface area contributed by atoms with E-state index < -0.39 is 5.54 Å². The molecule has 2 N–H and O–H groups in total. The molecule has 0 atom stereocenters. The molecule has 0 radical (unpaired) electrons. The molecule has 2 aromatic carbocycles. The van der Waals surface area contributed by atoms with E-state index >= 15 is 0 Å². The molecule has 0 saturated carbocycles. The summed E-state index contributed by atoms with van der Waals surface area (Å²) in [5.41, 5.74) is 1.58. The van der Waals surface area contributed by atoms with Gasteiger partial charge in [-0.1, -0.05) is 12.1 Å². The van der Waals surface area contributed by atoms with Gasteiger partial charge in [-0.3, -0.25) is 9.59 Å². The quantitative estimate of drug-likeness (QED) is 0.832. The number of methoxy groups -OCH3 is 2. The van der Waals surface area contributed by atoms with Crippen molar-refractivity contribution in [3.8, 4) is 11.5 Å². The molecule has 0 spiro atoms. The molecule has 0 heterocycles. The summed E-state index contributed by atoms with van der Waals surface area (Å²) in [5.74, 6) is 0.710. The van der Waals surface area contributed by atoms with E-state index in [1.807, 2.05) is 26.0 Å². The van der Waals surface area contributed by atoms with Crippen LogP contribution in [0, 0.1) is 0 Å². The zero-order chi connectivity index (χ0) is 19.3. The Morgan fingerprint density at radius 1 is 0.923 bits per heavy atom. The van der Waals surface area contributed by atoms with E-state index in [4.69, 9.17) is 9.47 Å². The standard InChI is InChI=1S/C20H24N2O4/c1-13(23)22-20(2,3)15-7-9-16(10-8-15)21-19(24)14-6-11-17(25-4)18(12-14)26-5/h6-12H,1-5H3,(H,21,24)(H,22,23). The molecular weight excluding hydrogens is 332 g/mol. The highest BCUT2D eigenvalue weighted by atomic mass is 16.5. The predicted molar refractivity (Wildman–Crippen MR) is 101 cm³/mol. The molecule has 0 unspecified atom stereocenters. The molecule has 2 aromatic rings. The first-order valence-corrected chi connectivity index (χ1v) is 8.19. The van der Waals surface area contributed by atoms with Gasteiger partial charge in [0.1, 0.15) is 0 Å². The third-order valence-corrected chi connectivity index (χ3v) is 4.00. The van der Waals surface area contributed by atoms with Gasteiger partial charge in [-0.05, 0) is 49.7 Å². The maximum atomic E-state index is 12.4. The predicted octanol–water partition coefficient (Wildman–Crippen LogP) is 3.33. The van der Waals surface area contributed by atoms with Crippen LogP contribution in [0.4, 0.5) is 5.69 Å². The fraction of sp³-hybridized carbons (Fsp3) is 0.300. The summed E-state index contributed by atoms with van der Waals surface area (Å²) < 4.78 is 10.4. The monoisotopic (exact) mass is 356 g/mol. The molecule has 2 rings (SSSR count). The number of amides is 2. The van der Waals surface area contributed by atoms with E-state index in [-0.39, 0.29) is 11.8 Å². The summed E-state index contributed by atoms with van der Waals surface area (Å²) in [6, 6.07) is 12.3. The van der Waals surface area contributed by atoms with Crippen LogP contribution in [0.5, 0.6) is 11.5 Å². The maximum Gasteiger partial charge on any atom is 0.255 e. The van der Waals surface area contributed by atoms with E-state index in [2.05, 4.69) is 10.6 Å². The van der Waals surface area contributed by atoms with Crippen molar-refractivity contribution in [1.82, 2.24) is 5.32 Å². The van der Waals surface area contributed by atoms with Gasteiger partial charge in [-0.2, -0.15) is 0 Å². The number of anilines is 1. The molecule has 0 aliphatic carbocycles. The number of benzene rings is 2. The van der Waals surface area contributed by atoms with Crippen LogP contribution in [0.15, 0.2) is 42.5 Å². The van der Waals surface area contributed by atoms with Gasteiger partial charge in [0, 0.05) is 18.2 Å². The third kappa shape index (κ3) is 4.53. The number of hydrogen-bond acceptors (Lipinski definition) is 4. The van der Waals surface area contributed by atoms with E-state index in [1.165, 1.54) is 14.0 Å². The SMILES string of the molecule is COc1ccc(C(=O)Nc2ccc(C(C)(C)NC(C)=O)cc2)cc1OC. The van der Waals surface area contributed by atoms with Crippen molar-refractivity contribution in [3.05, 3.63) is 53.6 Å². The molecule has 0 fully saturated rings. The number of ether oxygens (including phenoxy) is 2. The second kappa shape index (κ2) is 7.91. The highest BCUT2D eigenvalue weighted by molar-refractivity contribution is 6.04. The van der Waals surface area contributed by atoms with Crippen LogP contribution in [0.2, 0.25) is 0 Å². The van der Waals surface area contributed by atoms with E-state index in [9.17, 15) is 9.59 Å². The summed E-state index contributed by atoms with van der Waals surface area (Å²) >= 11 is 0. The molecule has 0 aliphatic heterocycles. The van der Waals surface area contributed by atoms with Crippen molar-refractivity contribution in [2.75, 3.05) is 19.5 Å². The Morgan fingerprint density at radius 3 is 2.08 bits per heavy atom. The lowest BCUT2D eigenvalue weighted by Gasteiger charge is -2.26. The molecule has 0 aliphatic rings. The highest BCUT2D eigenvalue weighted by Crippen LogP contribution is 2.28. The van der Waals surface area contributed by atoms with Crippen LogP contribution in [0.25, 0.3) is 0 Å². The molecule has 0 bridgehead atoms. The minimum absolute atomic E-state index is 0.0965. The number of carbonyl (C=O) groups excluding carboxylic acids is 2. The van der Waals surface area contributed by atoms with Crippen LogP contribution >= 0.6 is 0 Å². The number of hydrogen-bond donors (Lipinski definition) is 2. The summed E-state index contributed by atoms with van der Waals surface area (Å²) in [6.45, 7) is 5.33. The largest absolute Gasteiger partial charge is 0.493 e. The second-order valence-electron chi connectivity index (χ2n) is 6.41. The Morgan fingerprint density at radius 2 is 1.54 bits per heavy atom. The molecule has 138 valence electrons. The van der Waals surface area contributed by atoms with Gasteiger partial charge in [0.15, 0.2) is 11.5 Å². The van der Waals surface area contributed by atoms with Gasteiger partial charge in [-0.15, -0.1) is 0 Å². The van der Waals surface area contributed by atoms with Crippen molar-refractivity contribution >= 4 is 17.5 Å². The Kier molecular flexibility index (Phi) is 5.87. The minimum Gasteiger partial charge on any atom is -0.493 e. The van der Waals surface area contributed by atoms with Gasteiger partial charge in [0.25, 0.3) is 5.91 Å². The van der Waals surface area contributed by atoms with E-state index in [0.29, 0.717) is 22.7 Å². The van der Waals surface area contributed by atoms with Crippen molar-refractivity contribution < 1.29 is 19.1 Å². The molecule has 6 nitrogen and oxygen atoms in total. The Hall–Kier alpha value is -3.02. The lowest BCUT2D eigenvalue weighted by molar-refractivity contribution is -0.120. The van der Waals surface area contributed by atoms with Crippen molar-refractivity contribution in [2.24, 2.45) is 0 Å². The van der Waals surface area contributed by atoms with Gasteiger partial charge >= 0.3 is 0 Å². The average molecular weight is 356 g/mol. The Bertz CT molecular complexity index is 798. The van der Waals surface area contributed by atoms with Crippen molar-refractivity contribution in [3.63, 3.8) is 0 Å². The minimum atomic E-state index is -0.488. The summed E-state index contributed by atoms with van der Waals surface area (Å²) in [6.07, 6.45) is 0. The average Bonchev–Trinajstić information content (AvgIpc) is 2.60. The zero-order valence-electron chi connectivity index (χ0n) is 15.7. The van der Waals surface area contributed by atoms with Crippen LogP contribution in [0.3, 0.4) is 0 Å². The normalized spacial score (nSPS) is 10.8. The Balaban J connectivity index is 2.14. The van der Waals surface area contributed by atoms with E-state index in [0.717, 1.165) is 5.56 Å². The highest BCUT2D eigenvalue weighted by Gasteiger charge is 2.21. The van der Waals surface area contributed by atoms with Crippen molar-refractivity contribution in [1.29, 1.82) is 0 Å². The lowest BCUT2D eigenvalue weighted by Crippen LogP contribution is -2.39. The third-order valence-electron chi connectivity index (χ3n) is 4.00. The van der Waals surface area contributed by atoms with Crippen LogP contribution in [-0.4, -0.2) is 26.0 Å². The summed E-state index contributed by atoms with van der Waals surface area (Å²) in [7, 11) is 3.07. The molecule has 0 saturated heterocycles. The van der Waals surface area contributed by atoms with E-state index in [1.54, 1.807) is 37.4 Å². The first kappa shape index (κ1) is 19.3. The van der Waals surface area contributed by atoms with Gasteiger partial charge in [0.05, 0.1) is 19.8 Å². The molecule has 6 heteroatoms. The molecule has 26 heavy (non-hydrogen) atoms. The zero-order valence-corrected chi connectivity index (χ0v) is 15.7. The van der Waals surface area contributed by atoms with Crippen LogP contribution < -0.4 is 20.1 Å². The molecule has 0 aromatic heterocycles. The second-order valence-corrected chi connectivity index (χ2v) is 6.41. The maximum absolute atomic E-state index is 12.4. The fourth-order valence-corrected chi connectivity index (χ4v) is 2.66. The lowest BCUT2D eigenvalue weighted by atomic mass is 9.94. The summed E-state index contributed by atoms with van der Waals surface area (Å²) in [5, 5.41) is 5.74. The Labute approximate surface area is 153 Å².